The van der Waals surface area contributed by atoms with Crippen molar-refractivity contribution in [2.24, 2.45) is 5.41 Å². The van der Waals surface area contributed by atoms with Gasteiger partial charge in [0.2, 0.25) is 0 Å². The number of rotatable bonds is 4. The number of amides is 1. The van der Waals surface area contributed by atoms with E-state index in [1.54, 1.807) is 0 Å². The van der Waals surface area contributed by atoms with Crippen LogP contribution in [0.4, 0.5) is 15.8 Å². The van der Waals surface area contributed by atoms with E-state index < -0.39 is 17.5 Å². The summed E-state index contributed by atoms with van der Waals surface area (Å²) in [5.74, 6) is -2.30. The van der Waals surface area contributed by atoms with Crippen LogP contribution in [0, 0.1) is 11.2 Å². The predicted octanol–water partition coefficient (Wildman–Crippen LogP) is 3.59. The van der Waals surface area contributed by atoms with Gasteiger partial charge in [0.15, 0.2) is 17.9 Å². The van der Waals surface area contributed by atoms with E-state index in [0.717, 1.165) is 30.9 Å². The summed E-state index contributed by atoms with van der Waals surface area (Å²) in [7, 11) is 0. The highest BCUT2D eigenvalue weighted by Crippen LogP contribution is 2.53. The minimum Gasteiger partial charge on any atom is -0.504 e. The molecule has 5 nitrogen and oxygen atoms in total. The second-order valence-corrected chi connectivity index (χ2v) is 7.19. The van der Waals surface area contributed by atoms with Crippen molar-refractivity contribution < 1.29 is 19.1 Å². The van der Waals surface area contributed by atoms with E-state index in [2.05, 4.69) is 10.2 Å². The van der Waals surface area contributed by atoms with Crippen molar-refractivity contribution in [1.29, 1.82) is 0 Å². The second kappa shape index (κ2) is 6.12. The third kappa shape index (κ3) is 3.03. The first-order valence-corrected chi connectivity index (χ1v) is 8.64. The Morgan fingerprint density at radius 2 is 1.92 bits per heavy atom. The average molecular weight is 354 g/mol. The summed E-state index contributed by atoms with van der Waals surface area (Å²) in [5, 5.41) is 12.1. The van der Waals surface area contributed by atoms with Gasteiger partial charge in [0, 0.05) is 30.0 Å². The van der Waals surface area contributed by atoms with Gasteiger partial charge in [0.05, 0.1) is 5.56 Å². The Morgan fingerprint density at radius 1 is 1.19 bits per heavy atom. The zero-order valence-electron chi connectivity index (χ0n) is 14.2. The van der Waals surface area contributed by atoms with Crippen LogP contribution >= 0.6 is 0 Å². The molecule has 2 aromatic carbocycles. The lowest BCUT2D eigenvalue weighted by Crippen LogP contribution is -2.20. The van der Waals surface area contributed by atoms with E-state index in [1.807, 2.05) is 24.3 Å². The van der Waals surface area contributed by atoms with Crippen LogP contribution in [0.25, 0.3) is 0 Å². The van der Waals surface area contributed by atoms with E-state index in [9.17, 15) is 19.1 Å². The second-order valence-electron chi connectivity index (χ2n) is 7.19. The zero-order valence-corrected chi connectivity index (χ0v) is 14.2. The first-order valence-electron chi connectivity index (χ1n) is 8.64. The van der Waals surface area contributed by atoms with Gasteiger partial charge in [-0.15, -0.1) is 0 Å². The molecule has 0 unspecified atom stereocenters. The van der Waals surface area contributed by atoms with Crippen LogP contribution in [-0.2, 0) is 0 Å². The van der Waals surface area contributed by atoms with Crippen LogP contribution in [0.3, 0.4) is 0 Å². The summed E-state index contributed by atoms with van der Waals surface area (Å²) < 4.78 is 13.6. The maximum atomic E-state index is 13.6. The standard InChI is InChI=1S/C20H19FN2O3/c21-17-10-13(9-14(11-24)18(17)25)19(26)22-15-1-3-16(4-2-15)23-8-7-20(12-23)5-6-20/h1-4,9-11,25H,5-8,12H2,(H,22,26). The summed E-state index contributed by atoms with van der Waals surface area (Å²) >= 11 is 0. The van der Waals surface area contributed by atoms with Crippen molar-refractivity contribution in [1.82, 2.24) is 0 Å². The molecule has 1 saturated carbocycles. The van der Waals surface area contributed by atoms with Gasteiger partial charge in [-0.05, 0) is 61.1 Å². The van der Waals surface area contributed by atoms with Gasteiger partial charge in [-0.2, -0.15) is 0 Å². The highest BCUT2D eigenvalue weighted by atomic mass is 19.1. The molecule has 134 valence electrons. The fourth-order valence-corrected chi connectivity index (χ4v) is 3.54. The molecule has 6 heteroatoms. The smallest absolute Gasteiger partial charge is 0.255 e. The van der Waals surface area contributed by atoms with Gasteiger partial charge in [-0.25, -0.2) is 4.39 Å². The maximum Gasteiger partial charge on any atom is 0.255 e. The quantitative estimate of drug-likeness (QED) is 0.824. The Bertz CT molecular complexity index is 875. The van der Waals surface area contributed by atoms with Gasteiger partial charge < -0.3 is 15.3 Å². The number of carbonyl (C=O) groups excluding carboxylic acids is 2. The SMILES string of the molecule is O=Cc1cc(C(=O)Nc2ccc(N3CCC4(CC4)C3)cc2)cc(F)c1O. The van der Waals surface area contributed by atoms with Crippen LogP contribution in [0.5, 0.6) is 5.75 Å². The lowest BCUT2D eigenvalue weighted by molar-refractivity contribution is 0.102. The number of phenols is 1. The number of benzene rings is 2. The number of nitrogens with one attached hydrogen (secondary N) is 1. The Kier molecular flexibility index (Phi) is 3.90. The van der Waals surface area contributed by atoms with Gasteiger partial charge in [0.25, 0.3) is 5.91 Å². The molecule has 0 aromatic heterocycles. The van der Waals surface area contributed by atoms with Crippen molar-refractivity contribution in [3.8, 4) is 5.75 Å². The molecule has 4 rings (SSSR count). The molecule has 1 spiro atoms. The fourth-order valence-electron chi connectivity index (χ4n) is 3.54. The number of anilines is 2. The molecule has 1 aliphatic carbocycles. The summed E-state index contributed by atoms with van der Waals surface area (Å²) in [6.45, 7) is 2.16. The summed E-state index contributed by atoms with van der Waals surface area (Å²) in [6.07, 6.45) is 4.21. The first kappa shape index (κ1) is 16.6. The predicted molar refractivity (Wildman–Crippen MR) is 96.3 cm³/mol. The zero-order chi connectivity index (χ0) is 18.3. The minimum absolute atomic E-state index is 0.0262. The van der Waals surface area contributed by atoms with Crippen LogP contribution < -0.4 is 10.2 Å². The molecule has 0 radical (unpaired) electrons. The Labute approximate surface area is 150 Å². The largest absolute Gasteiger partial charge is 0.504 e. The number of nitrogens with zero attached hydrogens (tertiary/aromatic N) is 1. The van der Waals surface area contributed by atoms with Gasteiger partial charge in [0.1, 0.15) is 0 Å². The Morgan fingerprint density at radius 3 is 2.54 bits per heavy atom. The molecule has 2 aliphatic rings. The van der Waals surface area contributed by atoms with E-state index in [1.165, 1.54) is 19.3 Å². The van der Waals surface area contributed by atoms with E-state index >= 15 is 0 Å². The number of aromatic hydroxyl groups is 1. The van der Waals surface area contributed by atoms with E-state index in [0.29, 0.717) is 17.4 Å². The molecule has 1 heterocycles. The lowest BCUT2D eigenvalue weighted by atomic mass is 10.1. The van der Waals surface area contributed by atoms with Gasteiger partial charge in [-0.1, -0.05) is 0 Å². The first-order chi connectivity index (χ1) is 12.5. The third-order valence-electron chi connectivity index (χ3n) is 5.37. The summed E-state index contributed by atoms with van der Waals surface area (Å²) in [5.41, 5.74) is 1.98. The van der Waals surface area contributed by atoms with Crippen LogP contribution in [-0.4, -0.2) is 30.4 Å². The van der Waals surface area contributed by atoms with Gasteiger partial charge >= 0.3 is 0 Å². The third-order valence-corrected chi connectivity index (χ3v) is 5.37. The highest BCUT2D eigenvalue weighted by Gasteiger charge is 2.47. The van der Waals surface area contributed by atoms with E-state index in [-0.39, 0.29) is 11.1 Å². The molecule has 1 saturated heterocycles. The van der Waals surface area contributed by atoms with Gasteiger partial charge in [-0.3, -0.25) is 9.59 Å². The molecule has 0 atom stereocenters. The molecule has 0 bridgehead atoms. The number of hydrogen-bond acceptors (Lipinski definition) is 4. The summed E-state index contributed by atoms with van der Waals surface area (Å²) in [6, 6.07) is 9.61. The number of aldehydes is 1. The van der Waals surface area contributed by atoms with Crippen molar-refractivity contribution >= 4 is 23.6 Å². The molecule has 2 aromatic rings. The molecule has 2 fully saturated rings. The lowest BCUT2D eigenvalue weighted by Gasteiger charge is -2.19. The van der Waals surface area contributed by atoms with Crippen LogP contribution in [0.2, 0.25) is 0 Å². The number of carbonyl (C=O) groups is 2. The topological polar surface area (TPSA) is 69.6 Å². The normalized spacial score (nSPS) is 17.3. The number of halogens is 1. The summed E-state index contributed by atoms with van der Waals surface area (Å²) in [4.78, 5) is 25.5. The van der Waals surface area contributed by atoms with E-state index in [4.69, 9.17) is 0 Å². The Balaban J connectivity index is 1.46. The molecule has 1 aliphatic heterocycles. The molecular formula is C20H19FN2O3. The molecule has 1 amide bonds. The fraction of sp³-hybridized carbons (Fsp3) is 0.300. The Hall–Kier alpha value is -2.89. The minimum atomic E-state index is -1.00. The maximum absolute atomic E-state index is 13.6. The number of hydrogen-bond donors (Lipinski definition) is 2. The monoisotopic (exact) mass is 354 g/mol. The van der Waals surface area contributed by atoms with Crippen LogP contribution in [0.1, 0.15) is 40.0 Å². The molecular weight excluding hydrogens is 335 g/mol. The van der Waals surface area contributed by atoms with Crippen LogP contribution in [0.15, 0.2) is 36.4 Å². The van der Waals surface area contributed by atoms with Crippen molar-refractivity contribution in [2.45, 2.75) is 19.3 Å². The van der Waals surface area contributed by atoms with Crippen molar-refractivity contribution in [2.75, 3.05) is 23.3 Å². The van der Waals surface area contributed by atoms with Crippen molar-refractivity contribution in [3.05, 3.63) is 53.3 Å². The van der Waals surface area contributed by atoms with Crippen molar-refractivity contribution in [3.63, 3.8) is 0 Å². The molecule has 2 N–H and O–H groups in total. The average Bonchev–Trinajstić information content (AvgIpc) is 3.27. The highest BCUT2D eigenvalue weighted by molar-refractivity contribution is 6.05. The molecule has 26 heavy (non-hydrogen) atoms. The number of phenolic OH excluding ortho intramolecular Hbond substituents is 1.